The molecule has 0 aliphatic rings. The average molecular weight is 432 g/mol. The molecule has 0 unspecified atom stereocenters. The molecule has 0 saturated carbocycles. The normalized spacial score (nSPS) is 11.7. The first-order valence-electron chi connectivity index (χ1n) is 10.0. The summed E-state index contributed by atoms with van der Waals surface area (Å²) in [6.07, 6.45) is 1.66. The lowest BCUT2D eigenvalue weighted by Crippen LogP contribution is -2.16. The molecular formula is C24H21N3O3S. The maximum absolute atomic E-state index is 12.8. The lowest BCUT2D eigenvalue weighted by Gasteiger charge is -2.04. The van der Waals surface area contributed by atoms with Gasteiger partial charge in [0.05, 0.1) is 15.1 Å². The molecule has 6 nitrogen and oxygen atoms in total. The maximum Gasteiger partial charge on any atom is 0.279 e. The number of nitro benzene ring substituents is 1. The van der Waals surface area contributed by atoms with Crippen molar-refractivity contribution in [2.24, 2.45) is 4.99 Å². The van der Waals surface area contributed by atoms with Crippen LogP contribution in [-0.4, -0.2) is 15.4 Å². The van der Waals surface area contributed by atoms with Gasteiger partial charge in [-0.25, -0.2) is 0 Å². The number of nitrogens with zero attached hydrogens (tertiary/aromatic N) is 3. The van der Waals surface area contributed by atoms with Crippen LogP contribution in [0, 0.1) is 10.1 Å². The molecule has 0 N–H and O–H groups in total. The van der Waals surface area contributed by atoms with E-state index in [0.717, 1.165) is 28.6 Å². The Hall–Kier alpha value is -3.58. The molecule has 31 heavy (non-hydrogen) atoms. The standard InChI is InChI=1S/C24H21N3O3S/c1-2-14-26-21-13-12-20(27(29)30)16-22(21)31-24(26)25-23(28)19-10-8-18(9-11-19)15-17-6-4-3-5-7-17/h3-13,16H,2,14-15H2,1H3. The van der Waals surface area contributed by atoms with Crippen molar-refractivity contribution in [2.45, 2.75) is 26.3 Å². The van der Waals surface area contributed by atoms with E-state index in [-0.39, 0.29) is 11.6 Å². The van der Waals surface area contributed by atoms with Crippen LogP contribution in [0.1, 0.15) is 34.8 Å². The topological polar surface area (TPSA) is 77.5 Å². The van der Waals surface area contributed by atoms with E-state index in [4.69, 9.17) is 0 Å². The van der Waals surface area contributed by atoms with Crippen molar-refractivity contribution in [3.63, 3.8) is 0 Å². The molecule has 0 aliphatic carbocycles. The predicted molar refractivity (Wildman–Crippen MR) is 122 cm³/mol. The zero-order valence-electron chi connectivity index (χ0n) is 17.0. The van der Waals surface area contributed by atoms with Gasteiger partial charge in [-0.3, -0.25) is 14.9 Å². The number of nitro groups is 1. The maximum atomic E-state index is 12.8. The van der Waals surface area contributed by atoms with E-state index in [1.54, 1.807) is 18.2 Å². The van der Waals surface area contributed by atoms with Crippen molar-refractivity contribution in [3.05, 3.63) is 104 Å². The van der Waals surface area contributed by atoms with E-state index < -0.39 is 4.92 Å². The van der Waals surface area contributed by atoms with Crippen LogP contribution < -0.4 is 4.80 Å². The number of rotatable bonds is 6. The van der Waals surface area contributed by atoms with Gasteiger partial charge in [0.15, 0.2) is 4.80 Å². The van der Waals surface area contributed by atoms with Gasteiger partial charge < -0.3 is 4.57 Å². The second-order valence-electron chi connectivity index (χ2n) is 7.22. The van der Waals surface area contributed by atoms with Crippen molar-refractivity contribution >= 4 is 33.1 Å². The number of hydrogen-bond donors (Lipinski definition) is 0. The van der Waals surface area contributed by atoms with E-state index in [2.05, 4.69) is 17.1 Å². The van der Waals surface area contributed by atoms with Crippen molar-refractivity contribution < 1.29 is 9.72 Å². The summed E-state index contributed by atoms with van der Waals surface area (Å²) >= 11 is 1.29. The molecule has 7 heteroatoms. The molecule has 0 fully saturated rings. The molecule has 0 atom stereocenters. The smallest absolute Gasteiger partial charge is 0.279 e. The molecule has 156 valence electrons. The molecule has 1 heterocycles. The Morgan fingerprint density at radius 1 is 1.03 bits per heavy atom. The Labute approximate surface area is 183 Å². The lowest BCUT2D eigenvalue weighted by molar-refractivity contribution is -0.384. The third-order valence-electron chi connectivity index (χ3n) is 4.97. The number of benzene rings is 3. The number of thiazole rings is 1. The number of aromatic nitrogens is 1. The fourth-order valence-electron chi connectivity index (χ4n) is 3.45. The van der Waals surface area contributed by atoms with Gasteiger partial charge in [-0.1, -0.05) is 60.7 Å². The van der Waals surface area contributed by atoms with Crippen molar-refractivity contribution in [1.29, 1.82) is 0 Å². The van der Waals surface area contributed by atoms with E-state index >= 15 is 0 Å². The molecule has 0 bridgehead atoms. The highest BCUT2D eigenvalue weighted by molar-refractivity contribution is 7.16. The zero-order valence-corrected chi connectivity index (χ0v) is 17.8. The molecule has 4 aromatic rings. The van der Waals surface area contributed by atoms with Crippen molar-refractivity contribution in [3.8, 4) is 0 Å². The van der Waals surface area contributed by atoms with Crippen LogP contribution in [0.4, 0.5) is 5.69 Å². The summed E-state index contributed by atoms with van der Waals surface area (Å²) in [4.78, 5) is 28.4. The molecule has 4 rings (SSSR count). The number of carbonyl (C=O) groups excluding carboxylic acids is 1. The van der Waals surface area contributed by atoms with E-state index in [0.29, 0.717) is 16.9 Å². The van der Waals surface area contributed by atoms with Crippen LogP contribution in [-0.2, 0) is 13.0 Å². The number of carbonyl (C=O) groups is 1. The van der Waals surface area contributed by atoms with Gasteiger partial charge in [-0.05, 0) is 42.2 Å². The molecule has 0 aliphatic heterocycles. The second kappa shape index (κ2) is 9.06. The van der Waals surface area contributed by atoms with Crippen LogP contribution in [0.5, 0.6) is 0 Å². The van der Waals surface area contributed by atoms with Gasteiger partial charge in [0.2, 0.25) is 0 Å². The van der Waals surface area contributed by atoms with Crippen LogP contribution in [0.25, 0.3) is 10.2 Å². The summed E-state index contributed by atoms with van der Waals surface area (Å²) < 4.78 is 2.69. The first-order chi connectivity index (χ1) is 15.0. The van der Waals surface area contributed by atoms with E-state index in [1.165, 1.54) is 29.0 Å². The highest BCUT2D eigenvalue weighted by atomic mass is 32.1. The molecule has 3 aromatic carbocycles. The highest BCUT2D eigenvalue weighted by Crippen LogP contribution is 2.23. The van der Waals surface area contributed by atoms with Gasteiger partial charge in [-0.2, -0.15) is 4.99 Å². The molecule has 1 amide bonds. The number of amides is 1. The summed E-state index contributed by atoms with van der Waals surface area (Å²) in [5.41, 5.74) is 3.74. The van der Waals surface area contributed by atoms with Crippen molar-refractivity contribution in [2.75, 3.05) is 0 Å². The van der Waals surface area contributed by atoms with E-state index in [1.807, 2.05) is 41.8 Å². The number of fused-ring (bicyclic) bond motifs is 1. The Morgan fingerprint density at radius 2 is 1.74 bits per heavy atom. The average Bonchev–Trinajstić information content (AvgIpc) is 3.11. The Kier molecular flexibility index (Phi) is 6.04. The summed E-state index contributed by atoms with van der Waals surface area (Å²) in [5, 5.41) is 11.1. The summed E-state index contributed by atoms with van der Waals surface area (Å²) in [6, 6.07) is 22.4. The number of aryl methyl sites for hydroxylation is 1. The molecule has 0 saturated heterocycles. The van der Waals surface area contributed by atoms with Gasteiger partial charge in [0.1, 0.15) is 0 Å². The zero-order chi connectivity index (χ0) is 21.8. The molecule has 1 aromatic heterocycles. The summed E-state index contributed by atoms with van der Waals surface area (Å²) in [6.45, 7) is 2.72. The lowest BCUT2D eigenvalue weighted by atomic mass is 10.0. The Bertz CT molecular complexity index is 1310. The third kappa shape index (κ3) is 4.62. The fraction of sp³-hybridized carbons (Fsp3) is 0.167. The Balaban J connectivity index is 1.64. The minimum Gasteiger partial charge on any atom is -0.316 e. The first kappa shape index (κ1) is 20.7. The molecule has 0 radical (unpaired) electrons. The first-order valence-corrected chi connectivity index (χ1v) is 10.9. The number of non-ortho nitro benzene ring substituents is 1. The summed E-state index contributed by atoms with van der Waals surface area (Å²) in [7, 11) is 0. The Morgan fingerprint density at radius 3 is 2.42 bits per heavy atom. The summed E-state index contributed by atoms with van der Waals surface area (Å²) in [5.74, 6) is -0.322. The predicted octanol–water partition coefficient (Wildman–Crippen LogP) is 5.35. The van der Waals surface area contributed by atoms with Crippen LogP contribution >= 0.6 is 11.3 Å². The largest absolute Gasteiger partial charge is 0.316 e. The molecule has 0 spiro atoms. The number of hydrogen-bond acceptors (Lipinski definition) is 4. The second-order valence-corrected chi connectivity index (χ2v) is 8.23. The van der Waals surface area contributed by atoms with E-state index in [9.17, 15) is 14.9 Å². The van der Waals surface area contributed by atoms with Crippen LogP contribution in [0.15, 0.2) is 77.8 Å². The van der Waals surface area contributed by atoms with Gasteiger partial charge >= 0.3 is 0 Å². The van der Waals surface area contributed by atoms with Gasteiger partial charge in [0, 0.05) is 24.2 Å². The fourth-order valence-corrected chi connectivity index (χ4v) is 4.54. The van der Waals surface area contributed by atoms with Gasteiger partial charge in [-0.15, -0.1) is 0 Å². The SMILES string of the molecule is CCCn1c(=NC(=O)c2ccc(Cc3ccccc3)cc2)sc2cc([N+](=O)[O-])ccc21. The van der Waals surface area contributed by atoms with Crippen LogP contribution in [0.3, 0.4) is 0 Å². The minimum atomic E-state index is -0.414. The van der Waals surface area contributed by atoms with Crippen molar-refractivity contribution in [1.82, 2.24) is 4.57 Å². The van der Waals surface area contributed by atoms with Crippen LogP contribution in [0.2, 0.25) is 0 Å². The van der Waals surface area contributed by atoms with Gasteiger partial charge in [0.25, 0.3) is 11.6 Å². The highest BCUT2D eigenvalue weighted by Gasteiger charge is 2.13. The minimum absolute atomic E-state index is 0.0317. The monoisotopic (exact) mass is 431 g/mol. The quantitative estimate of drug-likeness (QED) is 0.305. The molecular weight excluding hydrogens is 410 g/mol. The third-order valence-corrected chi connectivity index (χ3v) is 6.01.